The Morgan fingerprint density at radius 1 is 1.21 bits per heavy atom. The van der Waals surface area contributed by atoms with Gasteiger partial charge in [-0.3, -0.25) is 14.6 Å². The van der Waals surface area contributed by atoms with Crippen molar-refractivity contribution in [3.8, 4) is 11.3 Å². The molecule has 0 amide bonds. The monoisotopic (exact) mass is 258 g/mol. The minimum atomic E-state index is 0.139. The van der Waals surface area contributed by atoms with Gasteiger partial charge >= 0.3 is 0 Å². The minimum absolute atomic E-state index is 0.139. The van der Waals surface area contributed by atoms with Crippen LogP contribution in [0.4, 0.5) is 0 Å². The lowest BCUT2D eigenvalue weighted by Crippen LogP contribution is -2.18. The summed E-state index contributed by atoms with van der Waals surface area (Å²) in [5.41, 5.74) is 4.37. The summed E-state index contributed by atoms with van der Waals surface area (Å²) in [5, 5.41) is 3.28. The number of hydrogen-bond acceptors (Lipinski definition) is 1. The Labute approximate surface area is 114 Å². The van der Waals surface area contributed by atoms with E-state index >= 15 is 0 Å². The van der Waals surface area contributed by atoms with Gasteiger partial charge in [0.25, 0.3) is 5.56 Å². The molecular formula is C16H22N2O. The average Bonchev–Trinajstić information content (AvgIpc) is 2.69. The maximum atomic E-state index is 12.4. The molecule has 1 N–H and O–H groups in total. The zero-order valence-corrected chi connectivity index (χ0v) is 12.0. The first kappa shape index (κ1) is 13.7. The summed E-state index contributed by atoms with van der Waals surface area (Å²) in [6.45, 7) is 7.02. The van der Waals surface area contributed by atoms with Crippen molar-refractivity contribution in [2.24, 2.45) is 0 Å². The maximum absolute atomic E-state index is 12.4. The number of aromatic nitrogens is 2. The highest BCUT2D eigenvalue weighted by molar-refractivity contribution is 5.63. The van der Waals surface area contributed by atoms with Crippen molar-refractivity contribution in [3.05, 3.63) is 45.7 Å². The minimum Gasteiger partial charge on any atom is -0.295 e. The Kier molecular flexibility index (Phi) is 4.25. The molecule has 0 saturated heterocycles. The number of hydrogen-bond donors (Lipinski definition) is 1. The van der Waals surface area contributed by atoms with Crippen LogP contribution in [0.1, 0.15) is 37.8 Å². The normalized spacial score (nSPS) is 10.9. The van der Waals surface area contributed by atoms with Crippen molar-refractivity contribution in [1.29, 1.82) is 0 Å². The quantitative estimate of drug-likeness (QED) is 0.875. The molecule has 0 bridgehead atoms. The second-order valence-corrected chi connectivity index (χ2v) is 5.04. The van der Waals surface area contributed by atoms with E-state index in [1.54, 1.807) is 4.68 Å². The summed E-state index contributed by atoms with van der Waals surface area (Å²) in [6.07, 6.45) is 2.77. The van der Waals surface area contributed by atoms with Gasteiger partial charge in [-0.05, 0) is 25.8 Å². The summed E-state index contributed by atoms with van der Waals surface area (Å²) >= 11 is 0. The van der Waals surface area contributed by atoms with Crippen LogP contribution in [0.2, 0.25) is 0 Å². The smallest absolute Gasteiger partial charge is 0.270 e. The topological polar surface area (TPSA) is 37.8 Å². The lowest BCUT2D eigenvalue weighted by atomic mass is 10.0. The number of nitrogens with zero attached hydrogens (tertiary/aromatic N) is 1. The lowest BCUT2D eigenvalue weighted by Gasteiger charge is -2.03. The van der Waals surface area contributed by atoms with Gasteiger partial charge in [-0.2, -0.15) is 0 Å². The zero-order chi connectivity index (χ0) is 13.8. The van der Waals surface area contributed by atoms with E-state index in [1.807, 2.05) is 6.07 Å². The predicted octanol–water partition coefficient (Wildman–Crippen LogP) is 3.51. The molecule has 102 valence electrons. The standard InChI is InChI=1S/C16H22N2O/c1-4-7-14-15(13-9-6-8-12(3)11-13)17-18(10-5-2)16(14)19/h6,8-9,11,17H,4-5,7,10H2,1-3H3. The van der Waals surface area contributed by atoms with E-state index in [-0.39, 0.29) is 5.56 Å². The molecule has 0 saturated carbocycles. The van der Waals surface area contributed by atoms with Crippen molar-refractivity contribution in [3.63, 3.8) is 0 Å². The van der Waals surface area contributed by atoms with E-state index in [2.05, 4.69) is 44.1 Å². The number of rotatable bonds is 5. The van der Waals surface area contributed by atoms with E-state index in [0.29, 0.717) is 0 Å². The summed E-state index contributed by atoms with van der Waals surface area (Å²) in [7, 11) is 0. The summed E-state index contributed by atoms with van der Waals surface area (Å²) in [5.74, 6) is 0. The van der Waals surface area contributed by atoms with Crippen LogP contribution in [0.5, 0.6) is 0 Å². The molecule has 0 aliphatic heterocycles. The Bertz CT molecular complexity index is 607. The largest absolute Gasteiger partial charge is 0.295 e. The third-order valence-corrected chi connectivity index (χ3v) is 3.31. The number of H-pyrrole nitrogens is 1. The van der Waals surface area contributed by atoms with Gasteiger partial charge in [0.2, 0.25) is 0 Å². The van der Waals surface area contributed by atoms with E-state index in [9.17, 15) is 4.79 Å². The lowest BCUT2D eigenvalue weighted by molar-refractivity contribution is 0.585. The molecule has 2 rings (SSSR count). The fourth-order valence-electron chi connectivity index (χ4n) is 2.43. The SMILES string of the molecule is CCCc1c(-c2cccc(C)c2)[nH]n(CCC)c1=O. The third kappa shape index (κ3) is 2.80. The Hall–Kier alpha value is -1.77. The van der Waals surface area contributed by atoms with E-state index in [1.165, 1.54) is 5.56 Å². The molecule has 0 unspecified atom stereocenters. The fraction of sp³-hybridized carbons (Fsp3) is 0.438. The van der Waals surface area contributed by atoms with E-state index in [0.717, 1.165) is 42.6 Å². The maximum Gasteiger partial charge on any atom is 0.270 e. The molecule has 1 heterocycles. The van der Waals surface area contributed by atoms with E-state index < -0.39 is 0 Å². The molecule has 3 heteroatoms. The van der Waals surface area contributed by atoms with Gasteiger partial charge in [-0.25, -0.2) is 0 Å². The van der Waals surface area contributed by atoms with Crippen LogP contribution in [0.15, 0.2) is 29.1 Å². The van der Waals surface area contributed by atoms with Gasteiger partial charge in [0.1, 0.15) is 0 Å². The Morgan fingerprint density at radius 3 is 2.63 bits per heavy atom. The van der Waals surface area contributed by atoms with Crippen molar-refractivity contribution in [1.82, 2.24) is 9.78 Å². The second-order valence-electron chi connectivity index (χ2n) is 5.04. The van der Waals surface area contributed by atoms with Crippen LogP contribution in [0, 0.1) is 6.92 Å². The average molecular weight is 258 g/mol. The first-order chi connectivity index (χ1) is 9.17. The summed E-state index contributed by atoms with van der Waals surface area (Å²) in [4.78, 5) is 12.4. The second kappa shape index (κ2) is 5.91. The van der Waals surface area contributed by atoms with Gasteiger partial charge in [0, 0.05) is 17.7 Å². The molecule has 19 heavy (non-hydrogen) atoms. The van der Waals surface area contributed by atoms with Crippen LogP contribution >= 0.6 is 0 Å². The molecule has 1 aromatic carbocycles. The molecular weight excluding hydrogens is 236 g/mol. The van der Waals surface area contributed by atoms with Gasteiger partial charge in [0.15, 0.2) is 0 Å². The van der Waals surface area contributed by atoms with E-state index in [4.69, 9.17) is 0 Å². The highest BCUT2D eigenvalue weighted by Crippen LogP contribution is 2.21. The highest BCUT2D eigenvalue weighted by atomic mass is 16.1. The Morgan fingerprint density at radius 2 is 2.00 bits per heavy atom. The molecule has 1 aromatic heterocycles. The fourth-order valence-corrected chi connectivity index (χ4v) is 2.43. The van der Waals surface area contributed by atoms with Crippen molar-refractivity contribution < 1.29 is 0 Å². The predicted molar refractivity (Wildman–Crippen MR) is 79.5 cm³/mol. The molecule has 0 radical (unpaired) electrons. The van der Waals surface area contributed by atoms with Crippen LogP contribution in [-0.4, -0.2) is 9.78 Å². The van der Waals surface area contributed by atoms with Gasteiger partial charge in [-0.1, -0.05) is 44.0 Å². The number of nitrogens with one attached hydrogen (secondary N) is 1. The van der Waals surface area contributed by atoms with Crippen molar-refractivity contribution in [2.45, 2.75) is 46.6 Å². The summed E-state index contributed by atoms with van der Waals surface area (Å²) in [6, 6.07) is 8.30. The number of aryl methyl sites for hydroxylation is 2. The van der Waals surface area contributed by atoms with Gasteiger partial charge in [0.05, 0.1) is 5.69 Å². The molecule has 0 atom stereocenters. The third-order valence-electron chi connectivity index (χ3n) is 3.31. The molecule has 2 aromatic rings. The highest BCUT2D eigenvalue weighted by Gasteiger charge is 2.14. The first-order valence-corrected chi connectivity index (χ1v) is 7.06. The van der Waals surface area contributed by atoms with Gasteiger partial charge < -0.3 is 0 Å². The molecule has 0 aliphatic rings. The Balaban J connectivity index is 2.55. The molecule has 3 nitrogen and oxygen atoms in total. The van der Waals surface area contributed by atoms with Crippen LogP contribution in [0.25, 0.3) is 11.3 Å². The molecule has 0 aliphatic carbocycles. The zero-order valence-electron chi connectivity index (χ0n) is 12.0. The van der Waals surface area contributed by atoms with Crippen LogP contribution in [-0.2, 0) is 13.0 Å². The van der Waals surface area contributed by atoms with Crippen molar-refractivity contribution in [2.75, 3.05) is 0 Å². The van der Waals surface area contributed by atoms with Crippen molar-refractivity contribution >= 4 is 0 Å². The number of benzene rings is 1. The molecule has 0 spiro atoms. The number of aromatic amines is 1. The van der Waals surface area contributed by atoms with Gasteiger partial charge in [-0.15, -0.1) is 0 Å². The van der Waals surface area contributed by atoms with Crippen LogP contribution in [0.3, 0.4) is 0 Å². The molecule has 0 fully saturated rings. The summed E-state index contributed by atoms with van der Waals surface area (Å²) < 4.78 is 1.74. The first-order valence-electron chi connectivity index (χ1n) is 7.06. The van der Waals surface area contributed by atoms with Crippen LogP contribution < -0.4 is 5.56 Å².